The van der Waals surface area contributed by atoms with Crippen molar-refractivity contribution in [2.24, 2.45) is 5.84 Å². The fourth-order valence-corrected chi connectivity index (χ4v) is 1.30. The lowest BCUT2D eigenvalue weighted by Crippen LogP contribution is -2.26. The van der Waals surface area contributed by atoms with E-state index in [-0.39, 0.29) is 6.04 Å². The molecule has 0 aliphatic rings. The summed E-state index contributed by atoms with van der Waals surface area (Å²) in [4.78, 5) is 0. The molecule has 0 amide bonds. The van der Waals surface area contributed by atoms with Crippen molar-refractivity contribution in [1.29, 1.82) is 0 Å². The number of rotatable bonds is 3. The Hall–Kier alpha value is -0.580. The number of hydrogen-bond donors (Lipinski definition) is 2. The van der Waals surface area contributed by atoms with Crippen molar-refractivity contribution in [2.75, 3.05) is 0 Å². The molecule has 0 fully saturated rings. The van der Waals surface area contributed by atoms with Crippen LogP contribution < -0.4 is 11.3 Å². The Morgan fingerprint density at radius 2 is 2.55 bits per heavy atom. The molecule has 0 aliphatic carbocycles. The lowest BCUT2D eigenvalue weighted by Gasteiger charge is -2.07. The Morgan fingerprint density at radius 3 is 2.91 bits per heavy atom. The van der Waals surface area contributed by atoms with E-state index in [1.807, 2.05) is 6.07 Å². The minimum atomic E-state index is -0.0666. The first-order valence-corrected chi connectivity index (χ1v) is 3.90. The minimum Gasteiger partial charge on any atom is -0.457 e. The van der Waals surface area contributed by atoms with Crippen molar-refractivity contribution < 1.29 is 4.42 Å². The van der Waals surface area contributed by atoms with Crippen LogP contribution in [0.15, 0.2) is 34.1 Å². The summed E-state index contributed by atoms with van der Waals surface area (Å²) >= 11 is 3.24. The average molecular weight is 217 g/mol. The molecular weight excluding hydrogens is 208 g/mol. The first-order chi connectivity index (χ1) is 5.29. The zero-order chi connectivity index (χ0) is 8.27. The first kappa shape index (κ1) is 8.52. The van der Waals surface area contributed by atoms with E-state index in [1.54, 1.807) is 12.3 Å². The van der Waals surface area contributed by atoms with Gasteiger partial charge in [-0.2, -0.15) is 0 Å². The highest BCUT2D eigenvalue weighted by atomic mass is 79.9. The van der Waals surface area contributed by atoms with Gasteiger partial charge in [0.1, 0.15) is 0 Å². The van der Waals surface area contributed by atoms with Crippen LogP contribution in [0.1, 0.15) is 11.6 Å². The van der Waals surface area contributed by atoms with Gasteiger partial charge < -0.3 is 4.42 Å². The molecule has 1 atom stereocenters. The third kappa shape index (κ3) is 1.71. The number of hydrazine groups is 1. The number of nitrogens with two attached hydrogens (primary N) is 1. The van der Waals surface area contributed by atoms with E-state index in [0.29, 0.717) is 4.67 Å². The van der Waals surface area contributed by atoms with Crippen LogP contribution in [-0.2, 0) is 0 Å². The highest BCUT2D eigenvalue weighted by Gasteiger charge is 2.10. The summed E-state index contributed by atoms with van der Waals surface area (Å²) in [5, 5.41) is 0. The summed E-state index contributed by atoms with van der Waals surface area (Å²) in [6.45, 7) is 3.62. The summed E-state index contributed by atoms with van der Waals surface area (Å²) in [5.74, 6) is 5.26. The van der Waals surface area contributed by atoms with Crippen LogP contribution in [0.3, 0.4) is 0 Å². The maximum Gasteiger partial charge on any atom is 0.174 e. The van der Waals surface area contributed by atoms with E-state index >= 15 is 0 Å². The molecule has 4 heteroatoms. The Balaban J connectivity index is 2.89. The normalized spacial score (nSPS) is 12.9. The quantitative estimate of drug-likeness (QED) is 0.460. The predicted molar refractivity (Wildman–Crippen MR) is 46.7 cm³/mol. The lowest BCUT2D eigenvalue weighted by atomic mass is 10.2. The van der Waals surface area contributed by atoms with E-state index < -0.39 is 0 Å². The van der Waals surface area contributed by atoms with Gasteiger partial charge in [0.2, 0.25) is 0 Å². The second kappa shape index (κ2) is 3.71. The molecule has 0 aliphatic heterocycles. The standard InChI is InChI=1S/C7H9BrN2O/c1-2-6(10-9)5-3-4-11-7(5)8/h2-4,6,10H,1,9H2. The van der Waals surface area contributed by atoms with E-state index in [2.05, 4.69) is 27.9 Å². The molecule has 1 unspecified atom stereocenters. The molecule has 3 nitrogen and oxygen atoms in total. The average Bonchev–Trinajstić information content (AvgIpc) is 2.40. The van der Waals surface area contributed by atoms with Crippen LogP contribution in [0.25, 0.3) is 0 Å². The van der Waals surface area contributed by atoms with Gasteiger partial charge in [-0.25, -0.2) is 5.43 Å². The molecule has 1 aromatic heterocycles. The van der Waals surface area contributed by atoms with E-state index in [9.17, 15) is 0 Å². The lowest BCUT2D eigenvalue weighted by molar-refractivity contribution is 0.528. The second-order valence-corrected chi connectivity index (χ2v) is 2.75. The van der Waals surface area contributed by atoms with Crippen LogP contribution in [0, 0.1) is 0 Å². The fourth-order valence-electron chi connectivity index (χ4n) is 0.811. The third-order valence-electron chi connectivity index (χ3n) is 1.40. The van der Waals surface area contributed by atoms with Crippen molar-refractivity contribution in [3.05, 3.63) is 35.2 Å². The van der Waals surface area contributed by atoms with Gasteiger partial charge in [0, 0.05) is 5.56 Å². The molecular formula is C7H9BrN2O. The summed E-state index contributed by atoms with van der Waals surface area (Å²) in [6, 6.07) is 1.76. The van der Waals surface area contributed by atoms with Crippen molar-refractivity contribution in [1.82, 2.24) is 5.43 Å². The Kier molecular flexibility index (Phi) is 2.87. The van der Waals surface area contributed by atoms with Gasteiger partial charge in [0.15, 0.2) is 4.67 Å². The summed E-state index contributed by atoms with van der Waals surface area (Å²) in [7, 11) is 0. The van der Waals surface area contributed by atoms with E-state index in [0.717, 1.165) is 5.56 Å². The fraction of sp³-hybridized carbons (Fsp3) is 0.143. The second-order valence-electron chi connectivity index (χ2n) is 2.03. The molecule has 0 bridgehead atoms. The molecule has 1 aromatic rings. The zero-order valence-corrected chi connectivity index (χ0v) is 7.47. The third-order valence-corrected chi connectivity index (χ3v) is 2.04. The predicted octanol–water partition coefficient (Wildman–Crippen LogP) is 1.73. The van der Waals surface area contributed by atoms with Crippen molar-refractivity contribution in [3.63, 3.8) is 0 Å². The summed E-state index contributed by atoms with van der Waals surface area (Å²) in [5.41, 5.74) is 3.53. The molecule has 0 aromatic carbocycles. The van der Waals surface area contributed by atoms with Gasteiger partial charge in [-0.05, 0) is 22.0 Å². The largest absolute Gasteiger partial charge is 0.457 e. The van der Waals surface area contributed by atoms with Crippen LogP contribution >= 0.6 is 15.9 Å². The maximum atomic E-state index is 5.26. The molecule has 1 rings (SSSR count). The molecule has 3 N–H and O–H groups in total. The van der Waals surface area contributed by atoms with Crippen LogP contribution in [-0.4, -0.2) is 0 Å². The van der Waals surface area contributed by atoms with Gasteiger partial charge in [0.05, 0.1) is 12.3 Å². The molecule has 11 heavy (non-hydrogen) atoms. The molecule has 60 valence electrons. The van der Waals surface area contributed by atoms with Gasteiger partial charge in [-0.1, -0.05) is 6.08 Å². The SMILES string of the molecule is C=CC(NN)c1ccoc1Br. The Labute approximate surface area is 73.4 Å². The number of furan rings is 1. The molecule has 1 heterocycles. The highest BCUT2D eigenvalue weighted by Crippen LogP contribution is 2.24. The van der Waals surface area contributed by atoms with Gasteiger partial charge in [-0.15, -0.1) is 6.58 Å². The Morgan fingerprint density at radius 1 is 1.82 bits per heavy atom. The summed E-state index contributed by atoms with van der Waals surface area (Å²) in [6.07, 6.45) is 3.29. The molecule has 0 saturated carbocycles. The summed E-state index contributed by atoms with van der Waals surface area (Å²) < 4.78 is 5.70. The van der Waals surface area contributed by atoms with Crippen LogP contribution in [0.4, 0.5) is 0 Å². The molecule has 0 spiro atoms. The van der Waals surface area contributed by atoms with E-state index in [1.165, 1.54) is 0 Å². The van der Waals surface area contributed by atoms with Gasteiger partial charge >= 0.3 is 0 Å². The zero-order valence-electron chi connectivity index (χ0n) is 5.88. The number of nitrogens with one attached hydrogen (secondary N) is 1. The maximum absolute atomic E-state index is 5.26. The van der Waals surface area contributed by atoms with Gasteiger partial charge in [0.25, 0.3) is 0 Å². The van der Waals surface area contributed by atoms with Gasteiger partial charge in [-0.3, -0.25) is 5.84 Å². The highest BCUT2D eigenvalue weighted by molar-refractivity contribution is 9.10. The monoisotopic (exact) mass is 216 g/mol. The van der Waals surface area contributed by atoms with Crippen molar-refractivity contribution in [2.45, 2.75) is 6.04 Å². The smallest absolute Gasteiger partial charge is 0.174 e. The topological polar surface area (TPSA) is 51.2 Å². The van der Waals surface area contributed by atoms with Crippen molar-refractivity contribution in [3.8, 4) is 0 Å². The molecule has 0 radical (unpaired) electrons. The number of halogens is 1. The Bertz CT molecular complexity index is 246. The minimum absolute atomic E-state index is 0.0666. The molecule has 0 saturated heterocycles. The van der Waals surface area contributed by atoms with E-state index in [4.69, 9.17) is 10.3 Å². The number of hydrogen-bond acceptors (Lipinski definition) is 3. The first-order valence-electron chi connectivity index (χ1n) is 3.11. The van der Waals surface area contributed by atoms with Crippen molar-refractivity contribution >= 4 is 15.9 Å². The van der Waals surface area contributed by atoms with Crippen LogP contribution in [0.5, 0.6) is 0 Å². The van der Waals surface area contributed by atoms with Crippen LogP contribution in [0.2, 0.25) is 0 Å².